The molecule has 0 aromatic carbocycles. The highest BCUT2D eigenvalue weighted by Gasteiger charge is 2.34. The van der Waals surface area contributed by atoms with E-state index in [0.29, 0.717) is 6.42 Å². The number of pyridine rings is 1. The molecule has 1 N–H and O–H groups in total. The minimum atomic E-state index is -0.0260. The Morgan fingerprint density at radius 1 is 1.37 bits per heavy atom. The van der Waals surface area contributed by atoms with Crippen LogP contribution in [0.4, 0.5) is 0 Å². The second-order valence-electron chi connectivity index (χ2n) is 5.39. The number of piperidine rings is 1. The average molecular weight is 258 g/mol. The molecule has 0 saturated carbocycles. The van der Waals surface area contributed by atoms with Gasteiger partial charge in [0.25, 0.3) is 0 Å². The highest BCUT2D eigenvalue weighted by Crippen LogP contribution is 2.29. The largest absolute Gasteiger partial charge is 0.339 e. The van der Waals surface area contributed by atoms with Crippen LogP contribution in [0.2, 0.25) is 0 Å². The van der Waals surface area contributed by atoms with Gasteiger partial charge in [0, 0.05) is 25.4 Å². The molecular formula is C14H18N4O. The maximum Gasteiger partial charge on any atom is 0.233 e. The van der Waals surface area contributed by atoms with Gasteiger partial charge >= 0.3 is 0 Å². The van der Waals surface area contributed by atoms with E-state index in [9.17, 15) is 0 Å². The van der Waals surface area contributed by atoms with E-state index in [0.717, 1.165) is 43.2 Å². The molecule has 0 amide bonds. The normalized spacial score (nSPS) is 23.4. The summed E-state index contributed by atoms with van der Waals surface area (Å²) in [5, 5.41) is 7.49. The van der Waals surface area contributed by atoms with Crippen LogP contribution in [-0.4, -0.2) is 28.2 Å². The summed E-state index contributed by atoms with van der Waals surface area (Å²) in [5.74, 6) is 1.50. The third-order valence-corrected chi connectivity index (χ3v) is 3.69. The maximum absolute atomic E-state index is 5.46. The lowest BCUT2D eigenvalue weighted by molar-refractivity contribution is 0.245. The Kier molecular flexibility index (Phi) is 3.29. The monoisotopic (exact) mass is 258 g/mol. The van der Waals surface area contributed by atoms with Gasteiger partial charge in [0.15, 0.2) is 5.82 Å². The summed E-state index contributed by atoms with van der Waals surface area (Å²) in [6.45, 7) is 4.17. The fourth-order valence-electron chi connectivity index (χ4n) is 2.49. The first-order valence-electron chi connectivity index (χ1n) is 6.69. The van der Waals surface area contributed by atoms with Crippen LogP contribution in [0.25, 0.3) is 0 Å². The molecule has 2 aromatic rings. The second-order valence-corrected chi connectivity index (χ2v) is 5.39. The molecule has 1 aliphatic rings. The van der Waals surface area contributed by atoms with Crippen LogP contribution in [0, 0.1) is 0 Å². The van der Waals surface area contributed by atoms with Crippen LogP contribution >= 0.6 is 0 Å². The summed E-state index contributed by atoms with van der Waals surface area (Å²) >= 11 is 0. The van der Waals surface area contributed by atoms with Gasteiger partial charge in [0.1, 0.15) is 0 Å². The molecule has 0 spiro atoms. The number of hydrogen-bond acceptors (Lipinski definition) is 5. The van der Waals surface area contributed by atoms with Crippen molar-refractivity contribution in [2.75, 3.05) is 13.1 Å². The van der Waals surface area contributed by atoms with Crippen LogP contribution in [0.3, 0.4) is 0 Å². The number of hydrogen-bond donors (Lipinski definition) is 1. The number of nitrogens with zero attached hydrogens (tertiary/aromatic N) is 3. The summed E-state index contributed by atoms with van der Waals surface area (Å²) in [4.78, 5) is 8.57. The zero-order valence-corrected chi connectivity index (χ0v) is 11.1. The number of nitrogens with one attached hydrogen (secondary N) is 1. The van der Waals surface area contributed by atoms with E-state index in [1.807, 2.05) is 12.1 Å². The summed E-state index contributed by atoms with van der Waals surface area (Å²) in [5.41, 5.74) is 1.12. The highest BCUT2D eigenvalue weighted by atomic mass is 16.5. The lowest BCUT2D eigenvalue weighted by atomic mass is 9.83. The Balaban J connectivity index is 1.76. The van der Waals surface area contributed by atoms with Crippen molar-refractivity contribution in [3.8, 4) is 0 Å². The first-order valence-corrected chi connectivity index (χ1v) is 6.69. The molecule has 1 fully saturated rings. The van der Waals surface area contributed by atoms with Crippen LogP contribution in [-0.2, 0) is 11.8 Å². The molecule has 5 heteroatoms. The quantitative estimate of drug-likeness (QED) is 0.907. The van der Waals surface area contributed by atoms with E-state index in [4.69, 9.17) is 4.52 Å². The standard InChI is InChI=1S/C14H18N4O/c1-14(5-2-6-16-10-14)13-17-12(18-19-13)9-11-3-7-15-8-4-11/h3-4,7-8,16H,2,5-6,9-10H2,1H3. The van der Waals surface area contributed by atoms with Crippen molar-refractivity contribution in [1.82, 2.24) is 20.4 Å². The Hall–Kier alpha value is -1.75. The molecule has 19 heavy (non-hydrogen) atoms. The lowest BCUT2D eigenvalue weighted by Gasteiger charge is -2.30. The molecule has 3 heterocycles. The van der Waals surface area contributed by atoms with Gasteiger partial charge in [-0.05, 0) is 44.0 Å². The van der Waals surface area contributed by atoms with Crippen molar-refractivity contribution < 1.29 is 4.52 Å². The predicted octanol–water partition coefficient (Wildman–Crippen LogP) is 1.70. The number of aromatic nitrogens is 3. The summed E-state index contributed by atoms with van der Waals surface area (Å²) in [7, 11) is 0. The smallest absolute Gasteiger partial charge is 0.233 e. The van der Waals surface area contributed by atoms with Crippen molar-refractivity contribution in [3.05, 3.63) is 41.8 Å². The average Bonchev–Trinajstić information content (AvgIpc) is 2.90. The van der Waals surface area contributed by atoms with Gasteiger partial charge in [-0.1, -0.05) is 5.16 Å². The van der Waals surface area contributed by atoms with Gasteiger partial charge in [0.2, 0.25) is 5.89 Å². The highest BCUT2D eigenvalue weighted by molar-refractivity contribution is 5.16. The number of rotatable bonds is 3. The summed E-state index contributed by atoms with van der Waals surface area (Å²) in [6, 6.07) is 3.94. The van der Waals surface area contributed by atoms with Crippen molar-refractivity contribution >= 4 is 0 Å². The van der Waals surface area contributed by atoms with Gasteiger partial charge in [-0.25, -0.2) is 0 Å². The van der Waals surface area contributed by atoms with Gasteiger partial charge < -0.3 is 9.84 Å². The first kappa shape index (κ1) is 12.3. The van der Waals surface area contributed by atoms with Crippen LogP contribution in [0.15, 0.2) is 29.0 Å². The van der Waals surface area contributed by atoms with Crippen LogP contribution in [0.5, 0.6) is 0 Å². The van der Waals surface area contributed by atoms with E-state index in [1.54, 1.807) is 12.4 Å². The van der Waals surface area contributed by atoms with Crippen LogP contribution in [0.1, 0.15) is 37.0 Å². The Labute approximate surface area is 112 Å². The molecule has 1 aliphatic heterocycles. The topological polar surface area (TPSA) is 63.8 Å². The Bertz CT molecular complexity index is 531. The molecule has 0 radical (unpaired) electrons. The Morgan fingerprint density at radius 3 is 2.95 bits per heavy atom. The SMILES string of the molecule is CC1(c2nc(Cc3ccncc3)no2)CCCNC1. The van der Waals surface area contributed by atoms with Crippen molar-refractivity contribution in [3.63, 3.8) is 0 Å². The van der Waals surface area contributed by atoms with Crippen molar-refractivity contribution in [1.29, 1.82) is 0 Å². The van der Waals surface area contributed by atoms with Crippen molar-refractivity contribution in [2.45, 2.75) is 31.6 Å². The van der Waals surface area contributed by atoms with Crippen molar-refractivity contribution in [2.24, 2.45) is 0 Å². The molecule has 100 valence electrons. The zero-order valence-electron chi connectivity index (χ0n) is 11.1. The minimum absolute atomic E-state index is 0.0260. The molecule has 0 bridgehead atoms. The lowest BCUT2D eigenvalue weighted by Crippen LogP contribution is -2.41. The zero-order chi connectivity index (χ0) is 13.1. The van der Waals surface area contributed by atoms with E-state index >= 15 is 0 Å². The second kappa shape index (κ2) is 5.09. The van der Waals surface area contributed by atoms with E-state index in [2.05, 4.69) is 27.4 Å². The third kappa shape index (κ3) is 2.66. The predicted molar refractivity (Wildman–Crippen MR) is 70.8 cm³/mol. The van der Waals surface area contributed by atoms with E-state index in [-0.39, 0.29) is 5.41 Å². The minimum Gasteiger partial charge on any atom is -0.339 e. The molecule has 1 atom stereocenters. The molecular weight excluding hydrogens is 240 g/mol. The molecule has 1 saturated heterocycles. The summed E-state index contributed by atoms with van der Waals surface area (Å²) in [6.07, 6.45) is 6.50. The third-order valence-electron chi connectivity index (χ3n) is 3.69. The fraction of sp³-hybridized carbons (Fsp3) is 0.500. The molecule has 1 unspecified atom stereocenters. The Morgan fingerprint density at radius 2 is 2.21 bits per heavy atom. The molecule has 5 nitrogen and oxygen atoms in total. The molecule has 2 aromatic heterocycles. The fourth-order valence-corrected chi connectivity index (χ4v) is 2.49. The van der Waals surface area contributed by atoms with Gasteiger partial charge in [0.05, 0.1) is 5.41 Å². The van der Waals surface area contributed by atoms with Gasteiger partial charge in [-0.15, -0.1) is 0 Å². The van der Waals surface area contributed by atoms with Gasteiger partial charge in [-0.2, -0.15) is 4.98 Å². The maximum atomic E-state index is 5.46. The first-order chi connectivity index (χ1) is 9.26. The van der Waals surface area contributed by atoms with E-state index < -0.39 is 0 Å². The van der Waals surface area contributed by atoms with E-state index in [1.165, 1.54) is 0 Å². The molecule has 3 rings (SSSR count). The summed E-state index contributed by atoms with van der Waals surface area (Å²) < 4.78 is 5.46. The van der Waals surface area contributed by atoms with Gasteiger partial charge in [-0.3, -0.25) is 4.98 Å². The van der Waals surface area contributed by atoms with Crippen LogP contribution < -0.4 is 5.32 Å². The molecule has 0 aliphatic carbocycles.